The van der Waals surface area contributed by atoms with Crippen LogP contribution in [0.15, 0.2) is 64.9 Å². The van der Waals surface area contributed by atoms with Crippen molar-refractivity contribution >= 4 is 34.9 Å². The highest BCUT2D eigenvalue weighted by Gasteiger charge is 2.15. The van der Waals surface area contributed by atoms with Crippen LogP contribution in [-0.4, -0.2) is 25.5 Å². The third-order valence-corrected chi connectivity index (χ3v) is 6.73. The number of hydrogen-bond acceptors (Lipinski definition) is 6. The molecule has 2 amide bonds. The van der Waals surface area contributed by atoms with Crippen LogP contribution in [0.25, 0.3) is 0 Å². The number of amides is 2. The molecule has 2 N–H and O–H groups in total. The zero-order chi connectivity index (χ0) is 22.8. The summed E-state index contributed by atoms with van der Waals surface area (Å²) >= 11 is 3.26. The van der Waals surface area contributed by atoms with Crippen molar-refractivity contribution in [2.24, 2.45) is 0 Å². The van der Waals surface area contributed by atoms with Gasteiger partial charge in [-0.3, -0.25) is 20.4 Å². The summed E-state index contributed by atoms with van der Waals surface area (Å²) in [5, 5.41) is 2.03. The Morgan fingerprint density at radius 2 is 1.81 bits per heavy atom. The predicted molar refractivity (Wildman–Crippen MR) is 129 cm³/mol. The Morgan fingerprint density at radius 1 is 1.00 bits per heavy atom. The highest BCUT2D eigenvalue weighted by atomic mass is 32.2. The Labute approximate surface area is 196 Å². The molecule has 0 aliphatic heterocycles. The van der Waals surface area contributed by atoms with Gasteiger partial charge in [0.15, 0.2) is 11.5 Å². The molecule has 0 unspecified atom stereocenters. The molecule has 0 fully saturated rings. The SMILES string of the molecule is CCCCOc1ccc(C(=O)NNC(=O)c2ccccc2SCc2cccs2)cc1OC. The number of hydrazine groups is 1. The van der Waals surface area contributed by atoms with E-state index in [1.54, 1.807) is 53.4 Å². The van der Waals surface area contributed by atoms with E-state index in [9.17, 15) is 9.59 Å². The van der Waals surface area contributed by atoms with Crippen molar-refractivity contribution in [2.75, 3.05) is 13.7 Å². The third-order valence-electron chi connectivity index (χ3n) is 4.55. The molecule has 6 nitrogen and oxygen atoms in total. The van der Waals surface area contributed by atoms with Gasteiger partial charge in [-0.25, -0.2) is 0 Å². The minimum absolute atomic E-state index is 0.352. The normalized spacial score (nSPS) is 10.4. The van der Waals surface area contributed by atoms with E-state index < -0.39 is 5.91 Å². The third kappa shape index (κ3) is 6.51. The van der Waals surface area contributed by atoms with Crippen molar-refractivity contribution in [1.82, 2.24) is 10.9 Å². The van der Waals surface area contributed by atoms with Crippen molar-refractivity contribution in [3.8, 4) is 11.5 Å². The Kier molecular flexibility index (Phi) is 9.01. The van der Waals surface area contributed by atoms with Crippen LogP contribution in [0.2, 0.25) is 0 Å². The fourth-order valence-electron chi connectivity index (χ4n) is 2.83. The van der Waals surface area contributed by atoms with E-state index in [0.29, 0.717) is 29.2 Å². The van der Waals surface area contributed by atoms with Crippen LogP contribution in [0, 0.1) is 0 Å². The zero-order valence-electron chi connectivity index (χ0n) is 18.1. The minimum atomic E-state index is -0.444. The number of nitrogens with one attached hydrogen (secondary N) is 2. The molecule has 0 aliphatic rings. The number of benzene rings is 2. The van der Waals surface area contributed by atoms with Crippen LogP contribution in [0.4, 0.5) is 0 Å². The molecule has 0 atom stereocenters. The molecule has 0 saturated heterocycles. The first-order chi connectivity index (χ1) is 15.6. The topological polar surface area (TPSA) is 76.7 Å². The van der Waals surface area contributed by atoms with Crippen molar-refractivity contribution < 1.29 is 19.1 Å². The van der Waals surface area contributed by atoms with Crippen molar-refractivity contribution in [3.63, 3.8) is 0 Å². The van der Waals surface area contributed by atoms with Gasteiger partial charge in [-0.05, 0) is 48.2 Å². The standard InChI is InChI=1S/C24H26N2O4S2/c1-3-4-13-30-20-12-11-17(15-21(20)29-2)23(27)25-26-24(28)19-9-5-6-10-22(19)32-16-18-8-7-14-31-18/h5-12,14-15H,3-4,13,16H2,1-2H3,(H,25,27)(H,26,28). The lowest BCUT2D eigenvalue weighted by Gasteiger charge is -2.13. The molecular weight excluding hydrogens is 444 g/mol. The van der Waals surface area contributed by atoms with E-state index in [4.69, 9.17) is 9.47 Å². The number of thiophene rings is 1. The monoisotopic (exact) mass is 470 g/mol. The van der Waals surface area contributed by atoms with E-state index in [2.05, 4.69) is 23.8 Å². The van der Waals surface area contributed by atoms with E-state index >= 15 is 0 Å². The maximum Gasteiger partial charge on any atom is 0.270 e. The smallest absolute Gasteiger partial charge is 0.270 e. The van der Waals surface area contributed by atoms with Gasteiger partial charge in [-0.2, -0.15) is 0 Å². The number of carbonyl (C=O) groups excluding carboxylic acids is 2. The summed E-state index contributed by atoms with van der Waals surface area (Å²) in [5.41, 5.74) is 5.84. The molecule has 0 aliphatic carbocycles. The van der Waals surface area contributed by atoms with Crippen molar-refractivity contribution in [3.05, 3.63) is 76.0 Å². The number of methoxy groups -OCH3 is 1. The van der Waals surface area contributed by atoms with Crippen molar-refractivity contribution in [2.45, 2.75) is 30.4 Å². The molecule has 1 aromatic heterocycles. The average Bonchev–Trinajstić information content (AvgIpc) is 3.35. The lowest BCUT2D eigenvalue weighted by atomic mass is 10.2. The molecule has 0 saturated carbocycles. The van der Waals surface area contributed by atoms with Crippen molar-refractivity contribution in [1.29, 1.82) is 0 Å². The molecule has 0 bridgehead atoms. The molecule has 32 heavy (non-hydrogen) atoms. The van der Waals surface area contributed by atoms with Crippen LogP contribution in [0.5, 0.6) is 11.5 Å². The number of hydrogen-bond donors (Lipinski definition) is 2. The summed E-state index contributed by atoms with van der Waals surface area (Å²) in [6.45, 7) is 2.67. The Bertz CT molecular complexity index is 1040. The van der Waals surface area contributed by atoms with Gasteiger partial charge < -0.3 is 9.47 Å². The fraction of sp³-hybridized carbons (Fsp3) is 0.250. The highest BCUT2D eigenvalue weighted by molar-refractivity contribution is 7.98. The van der Waals surface area contributed by atoms with Crippen LogP contribution in [0.1, 0.15) is 45.4 Å². The Balaban J connectivity index is 1.60. The van der Waals surface area contributed by atoms with Gasteiger partial charge in [0, 0.05) is 21.1 Å². The van der Waals surface area contributed by atoms with E-state index in [0.717, 1.165) is 23.5 Å². The zero-order valence-corrected chi connectivity index (χ0v) is 19.7. The molecule has 168 valence electrons. The van der Waals surface area contributed by atoms with E-state index in [1.165, 1.54) is 12.0 Å². The predicted octanol–water partition coefficient (Wildman–Crippen LogP) is 5.30. The van der Waals surface area contributed by atoms with Gasteiger partial charge in [0.1, 0.15) is 0 Å². The van der Waals surface area contributed by atoms with Crippen LogP contribution >= 0.6 is 23.1 Å². The maximum atomic E-state index is 12.7. The van der Waals surface area contributed by atoms with E-state index in [1.807, 2.05) is 23.6 Å². The summed E-state index contributed by atoms with van der Waals surface area (Å²) in [6, 6.07) is 16.3. The van der Waals surface area contributed by atoms with Crippen LogP contribution < -0.4 is 20.3 Å². The molecule has 2 aromatic carbocycles. The Hall–Kier alpha value is -2.97. The summed E-state index contributed by atoms with van der Waals surface area (Å²) in [4.78, 5) is 27.3. The van der Waals surface area contributed by atoms with E-state index in [-0.39, 0.29) is 5.91 Å². The summed E-state index contributed by atoms with van der Waals surface area (Å²) in [6.07, 6.45) is 1.96. The summed E-state index contributed by atoms with van der Waals surface area (Å²) in [5.74, 6) is 1.01. The van der Waals surface area contributed by atoms with Gasteiger partial charge >= 0.3 is 0 Å². The summed E-state index contributed by atoms with van der Waals surface area (Å²) in [7, 11) is 1.52. The first kappa shape index (κ1) is 23.7. The second kappa shape index (κ2) is 12.2. The molecule has 1 heterocycles. The van der Waals surface area contributed by atoms with Gasteiger partial charge in [-0.1, -0.05) is 31.5 Å². The number of carbonyl (C=O) groups is 2. The van der Waals surface area contributed by atoms with Gasteiger partial charge in [0.05, 0.1) is 19.3 Å². The molecule has 3 rings (SSSR count). The number of thioether (sulfide) groups is 1. The quantitative estimate of drug-likeness (QED) is 0.239. The van der Waals surface area contributed by atoms with Gasteiger partial charge in [0.25, 0.3) is 11.8 Å². The number of unbranched alkanes of at least 4 members (excludes halogenated alkanes) is 1. The van der Waals surface area contributed by atoms with Gasteiger partial charge in [-0.15, -0.1) is 23.1 Å². The van der Waals surface area contributed by atoms with Crippen LogP contribution in [0.3, 0.4) is 0 Å². The average molecular weight is 471 g/mol. The lowest BCUT2D eigenvalue weighted by molar-refractivity contribution is 0.0845. The maximum absolute atomic E-state index is 12.7. The molecule has 3 aromatic rings. The molecular formula is C24H26N2O4S2. The molecule has 8 heteroatoms. The second-order valence-corrected chi connectivity index (χ2v) is 8.89. The highest BCUT2D eigenvalue weighted by Crippen LogP contribution is 2.29. The lowest BCUT2D eigenvalue weighted by Crippen LogP contribution is -2.41. The van der Waals surface area contributed by atoms with Gasteiger partial charge in [0.2, 0.25) is 0 Å². The Morgan fingerprint density at radius 3 is 2.56 bits per heavy atom. The summed E-state index contributed by atoms with van der Waals surface area (Å²) < 4.78 is 11.0. The van der Waals surface area contributed by atoms with Crippen LogP contribution in [-0.2, 0) is 5.75 Å². The first-order valence-electron chi connectivity index (χ1n) is 10.3. The molecule has 0 radical (unpaired) electrons. The first-order valence-corrected chi connectivity index (χ1v) is 12.1. The second-order valence-electron chi connectivity index (χ2n) is 6.84. The number of rotatable bonds is 10. The largest absolute Gasteiger partial charge is 0.493 e. The fourth-order valence-corrected chi connectivity index (χ4v) is 4.65. The molecule has 0 spiro atoms. The minimum Gasteiger partial charge on any atom is -0.493 e. The number of ether oxygens (including phenoxy) is 2.